The molecule has 1 atom stereocenters. The SMILES string of the molecule is CC/C=C\C/C=C\C/C=C\C/C=C\C/C=C\C/C=C\CCCCC(=O)OC(COC(=O)CCCCCCC/C=C\CCCCCCC)COC(=O)CCCCCCCCCCCCCCCCCCCCCCCCCCCCC. The molecule has 0 aromatic rings. The number of unbranched alkanes of at least 4 members (excludes halogenated alkanes) is 38. The summed E-state index contributed by atoms with van der Waals surface area (Å²) in [5.41, 5.74) is 0. The van der Waals surface area contributed by atoms with Crippen molar-refractivity contribution in [2.75, 3.05) is 13.2 Å². The summed E-state index contributed by atoms with van der Waals surface area (Å²) in [6, 6.07) is 0. The van der Waals surface area contributed by atoms with Gasteiger partial charge in [-0.05, 0) is 96.3 Å². The van der Waals surface area contributed by atoms with Crippen molar-refractivity contribution in [1.82, 2.24) is 0 Å². The quantitative estimate of drug-likeness (QED) is 0.0261. The molecule has 0 aliphatic carbocycles. The molecule has 0 saturated carbocycles. The molecule has 0 aromatic heterocycles. The molecule has 0 spiro atoms. The molecule has 0 aromatic carbocycles. The second kappa shape index (κ2) is 68.1. The van der Waals surface area contributed by atoms with Gasteiger partial charge in [-0.3, -0.25) is 14.4 Å². The van der Waals surface area contributed by atoms with E-state index in [9.17, 15) is 14.4 Å². The van der Waals surface area contributed by atoms with E-state index in [0.717, 1.165) is 96.3 Å². The molecule has 0 heterocycles. The largest absolute Gasteiger partial charge is 0.462 e. The maximum atomic E-state index is 12.9. The second-order valence-corrected chi connectivity index (χ2v) is 23.1. The molecule has 0 amide bonds. The molecule has 0 radical (unpaired) electrons. The first-order valence-corrected chi connectivity index (χ1v) is 34.6. The summed E-state index contributed by atoms with van der Waals surface area (Å²) in [6.07, 6.45) is 90.4. The van der Waals surface area contributed by atoms with E-state index in [1.165, 1.54) is 205 Å². The molecule has 1 unspecified atom stereocenters. The van der Waals surface area contributed by atoms with Crippen LogP contribution >= 0.6 is 0 Å². The van der Waals surface area contributed by atoms with E-state index in [1.54, 1.807) is 0 Å². The zero-order valence-electron chi connectivity index (χ0n) is 53.1. The summed E-state index contributed by atoms with van der Waals surface area (Å²) in [4.78, 5) is 38.4. The van der Waals surface area contributed by atoms with Gasteiger partial charge in [0.1, 0.15) is 13.2 Å². The number of ether oxygens (including phenoxy) is 3. The predicted octanol–water partition coefficient (Wildman–Crippen LogP) is 23.8. The van der Waals surface area contributed by atoms with Crippen molar-refractivity contribution in [3.63, 3.8) is 0 Å². The van der Waals surface area contributed by atoms with Crippen LogP contribution in [0.1, 0.15) is 348 Å². The van der Waals surface area contributed by atoms with Gasteiger partial charge in [0.2, 0.25) is 0 Å². The van der Waals surface area contributed by atoms with Gasteiger partial charge in [-0.1, -0.05) is 318 Å². The van der Waals surface area contributed by atoms with Crippen molar-refractivity contribution < 1.29 is 28.6 Å². The van der Waals surface area contributed by atoms with Crippen molar-refractivity contribution in [2.24, 2.45) is 0 Å². The lowest BCUT2D eigenvalue weighted by atomic mass is 10.0. The van der Waals surface area contributed by atoms with Gasteiger partial charge in [-0.25, -0.2) is 0 Å². The summed E-state index contributed by atoms with van der Waals surface area (Å²) in [7, 11) is 0. The highest BCUT2D eigenvalue weighted by molar-refractivity contribution is 5.71. The Hall–Kier alpha value is -3.41. The highest BCUT2D eigenvalue weighted by Crippen LogP contribution is 2.18. The minimum atomic E-state index is -0.804. The number of carbonyl (C=O) groups excluding carboxylic acids is 3. The van der Waals surface area contributed by atoms with Gasteiger partial charge < -0.3 is 14.2 Å². The fraction of sp³-hybridized carbons (Fsp3) is 0.770. The van der Waals surface area contributed by atoms with Crippen LogP contribution in [0.2, 0.25) is 0 Å². The van der Waals surface area contributed by atoms with E-state index in [4.69, 9.17) is 14.2 Å². The van der Waals surface area contributed by atoms with Crippen LogP contribution in [0.15, 0.2) is 85.1 Å². The van der Waals surface area contributed by atoms with Gasteiger partial charge >= 0.3 is 17.9 Å². The van der Waals surface area contributed by atoms with E-state index < -0.39 is 6.10 Å². The molecule has 0 aliphatic heterocycles. The standard InChI is InChI=1S/C74H130O6/c1-4-7-10-13-16-19-22-25-28-30-32-34-35-36-37-38-39-41-42-44-46-49-52-55-58-61-64-67-73(76)79-70-71(69-78-72(75)66-63-60-57-54-51-48-27-24-21-18-15-12-9-6-3)80-74(77)68-65-62-59-56-53-50-47-45-43-40-33-31-29-26-23-20-17-14-11-8-5-2/h8,11,17,20,24,26-27,29,33,40,45,47,53,56,71H,4-7,9-10,12-16,18-19,21-23,25,28,30-32,34-39,41-44,46,48-52,54-55,57-70H2,1-3H3/b11-8-,20-17-,27-24-,29-26-,40-33-,47-45-,56-53-. The van der Waals surface area contributed by atoms with Gasteiger partial charge in [-0.15, -0.1) is 0 Å². The molecule has 0 N–H and O–H groups in total. The molecule has 80 heavy (non-hydrogen) atoms. The third-order valence-electron chi connectivity index (χ3n) is 15.1. The highest BCUT2D eigenvalue weighted by atomic mass is 16.6. The maximum absolute atomic E-state index is 12.9. The fourth-order valence-corrected chi connectivity index (χ4v) is 9.97. The number of hydrogen-bond acceptors (Lipinski definition) is 6. The topological polar surface area (TPSA) is 78.9 Å². The van der Waals surface area contributed by atoms with Crippen LogP contribution in [-0.2, 0) is 28.6 Å². The van der Waals surface area contributed by atoms with Crippen molar-refractivity contribution in [1.29, 1.82) is 0 Å². The van der Waals surface area contributed by atoms with Crippen LogP contribution in [0.5, 0.6) is 0 Å². The van der Waals surface area contributed by atoms with E-state index in [2.05, 4.69) is 106 Å². The van der Waals surface area contributed by atoms with Gasteiger partial charge in [-0.2, -0.15) is 0 Å². The Labute approximate surface area is 496 Å². The lowest BCUT2D eigenvalue weighted by Gasteiger charge is -2.18. The lowest BCUT2D eigenvalue weighted by molar-refractivity contribution is -0.167. The lowest BCUT2D eigenvalue weighted by Crippen LogP contribution is -2.30. The molecule has 0 bridgehead atoms. The first-order chi connectivity index (χ1) is 39.5. The average Bonchev–Trinajstić information content (AvgIpc) is 3.46. The summed E-state index contributed by atoms with van der Waals surface area (Å²) >= 11 is 0. The third kappa shape index (κ3) is 65.4. The Balaban J connectivity index is 4.33. The van der Waals surface area contributed by atoms with Gasteiger partial charge in [0, 0.05) is 19.3 Å². The minimum absolute atomic E-state index is 0.0940. The molecule has 0 aliphatic rings. The number of esters is 3. The number of allylic oxidation sites excluding steroid dienone is 14. The Bertz CT molecular complexity index is 1520. The summed E-state index contributed by atoms with van der Waals surface area (Å²) in [6.45, 7) is 6.52. The van der Waals surface area contributed by atoms with Crippen LogP contribution in [0, 0.1) is 0 Å². The van der Waals surface area contributed by atoms with Gasteiger partial charge in [0.15, 0.2) is 6.10 Å². The molecule has 462 valence electrons. The third-order valence-corrected chi connectivity index (χ3v) is 15.1. The number of carbonyl (C=O) groups is 3. The predicted molar refractivity (Wildman–Crippen MR) is 348 cm³/mol. The Kier molecular flexibility index (Phi) is 65.2. The normalized spacial score (nSPS) is 12.6. The average molecular weight is 1120 g/mol. The summed E-state index contributed by atoms with van der Waals surface area (Å²) in [5, 5.41) is 0. The zero-order chi connectivity index (χ0) is 57.8. The van der Waals surface area contributed by atoms with E-state index in [-0.39, 0.29) is 37.5 Å². The number of rotatable bonds is 63. The second-order valence-electron chi connectivity index (χ2n) is 23.1. The van der Waals surface area contributed by atoms with Crippen molar-refractivity contribution in [3.8, 4) is 0 Å². The first kappa shape index (κ1) is 76.6. The van der Waals surface area contributed by atoms with Crippen LogP contribution in [0.3, 0.4) is 0 Å². The Morgan fingerprint density at radius 2 is 0.487 bits per heavy atom. The monoisotopic (exact) mass is 1110 g/mol. The van der Waals surface area contributed by atoms with Crippen LogP contribution < -0.4 is 0 Å². The smallest absolute Gasteiger partial charge is 0.306 e. The van der Waals surface area contributed by atoms with Crippen molar-refractivity contribution >= 4 is 17.9 Å². The summed E-state index contributed by atoms with van der Waals surface area (Å²) in [5.74, 6) is -0.931. The molecular formula is C74H130O6. The molecular weight excluding hydrogens is 985 g/mol. The summed E-state index contributed by atoms with van der Waals surface area (Å²) < 4.78 is 16.9. The van der Waals surface area contributed by atoms with Crippen molar-refractivity contribution in [3.05, 3.63) is 85.1 Å². The van der Waals surface area contributed by atoms with E-state index in [0.29, 0.717) is 19.3 Å². The van der Waals surface area contributed by atoms with Crippen LogP contribution in [-0.4, -0.2) is 37.2 Å². The number of hydrogen-bond donors (Lipinski definition) is 0. The zero-order valence-corrected chi connectivity index (χ0v) is 53.1. The highest BCUT2D eigenvalue weighted by Gasteiger charge is 2.19. The van der Waals surface area contributed by atoms with E-state index in [1.807, 2.05) is 0 Å². The van der Waals surface area contributed by atoms with E-state index >= 15 is 0 Å². The van der Waals surface area contributed by atoms with Gasteiger partial charge in [0.25, 0.3) is 0 Å². The molecule has 6 nitrogen and oxygen atoms in total. The van der Waals surface area contributed by atoms with Gasteiger partial charge in [0.05, 0.1) is 0 Å². The maximum Gasteiger partial charge on any atom is 0.306 e. The van der Waals surface area contributed by atoms with Crippen LogP contribution in [0.25, 0.3) is 0 Å². The minimum Gasteiger partial charge on any atom is -0.462 e. The Morgan fingerprint density at radius 3 is 0.800 bits per heavy atom. The Morgan fingerprint density at radius 1 is 0.263 bits per heavy atom. The first-order valence-electron chi connectivity index (χ1n) is 34.6. The van der Waals surface area contributed by atoms with Crippen LogP contribution in [0.4, 0.5) is 0 Å². The molecule has 0 fully saturated rings. The van der Waals surface area contributed by atoms with Crippen molar-refractivity contribution in [2.45, 2.75) is 354 Å². The fourth-order valence-electron chi connectivity index (χ4n) is 9.97. The molecule has 6 heteroatoms. The molecule has 0 rings (SSSR count). The molecule has 0 saturated heterocycles.